The number of nitrogens with zero attached hydrogens (tertiary/aromatic N) is 4. The van der Waals surface area contributed by atoms with Gasteiger partial charge in [0, 0.05) is 29.6 Å². The van der Waals surface area contributed by atoms with Gasteiger partial charge in [0.1, 0.15) is 18.1 Å². The number of amides is 1. The van der Waals surface area contributed by atoms with E-state index >= 15 is 0 Å². The number of benzene rings is 3. The highest BCUT2D eigenvalue weighted by molar-refractivity contribution is 5.80. The minimum Gasteiger partial charge on any atom is -0.508 e. The van der Waals surface area contributed by atoms with Crippen molar-refractivity contribution in [1.82, 2.24) is 19.7 Å². The fourth-order valence-electron chi connectivity index (χ4n) is 5.81. The Balaban J connectivity index is 1.12. The predicted octanol–water partition coefficient (Wildman–Crippen LogP) is 6.78. The highest BCUT2D eigenvalue weighted by atomic mass is 16.5. The summed E-state index contributed by atoms with van der Waals surface area (Å²) in [6, 6.07) is 23.8. The molecule has 7 heteroatoms. The zero-order valence-electron chi connectivity index (χ0n) is 23.7. The molecule has 41 heavy (non-hydrogen) atoms. The molecular weight excluding hydrogens is 512 g/mol. The summed E-state index contributed by atoms with van der Waals surface area (Å²) >= 11 is 0. The predicted molar refractivity (Wildman–Crippen MR) is 159 cm³/mol. The van der Waals surface area contributed by atoms with Gasteiger partial charge in [0.05, 0.1) is 6.54 Å². The monoisotopic (exact) mass is 550 g/mol. The van der Waals surface area contributed by atoms with Crippen LogP contribution in [0.25, 0.3) is 22.8 Å². The van der Waals surface area contributed by atoms with Gasteiger partial charge in [-0.2, -0.15) is 5.10 Å². The average molecular weight is 551 g/mol. The van der Waals surface area contributed by atoms with E-state index in [-0.39, 0.29) is 11.7 Å². The lowest BCUT2D eigenvalue weighted by atomic mass is 9.84. The summed E-state index contributed by atoms with van der Waals surface area (Å²) in [6.45, 7) is 3.68. The van der Waals surface area contributed by atoms with Crippen molar-refractivity contribution in [1.29, 1.82) is 0 Å². The molecule has 2 aliphatic rings. The molecule has 1 amide bonds. The van der Waals surface area contributed by atoms with Crippen LogP contribution in [-0.2, 0) is 17.9 Å². The number of phenolic OH excluding ortho intramolecular Hbond substituents is 1. The summed E-state index contributed by atoms with van der Waals surface area (Å²) in [6.07, 6.45) is 7.96. The van der Waals surface area contributed by atoms with Crippen LogP contribution in [0.5, 0.6) is 11.5 Å². The third-order valence-electron chi connectivity index (χ3n) is 8.44. The second-order valence-electron chi connectivity index (χ2n) is 11.4. The van der Waals surface area contributed by atoms with Gasteiger partial charge in [-0.3, -0.25) is 4.79 Å². The topological polar surface area (TPSA) is 80.5 Å². The van der Waals surface area contributed by atoms with Crippen LogP contribution in [-0.4, -0.2) is 43.3 Å². The zero-order chi connectivity index (χ0) is 28.2. The Hall–Kier alpha value is -4.13. The van der Waals surface area contributed by atoms with Crippen LogP contribution < -0.4 is 4.74 Å². The fourth-order valence-corrected chi connectivity index (χ4v) is 5.81. The van der Waals surface area contributed by atoms with Crippen LogP contribution in [0.4, 0.5) is 0 Å². The molecule has 0 saturated heterocycles. The molecule has 2 fully saturated rings. The highest BCUT2D eigenvalue weighted by Gasteiger charge is 2.34. The van der Waals surface area contributed by atoms with Gasteiger partial charge >= 0.3 is 0 Å². The van der Waals surface area contributed by atoms with E-state index in [0.29, 0.717) is 37.5 Å². The Morgan fingerprint density at radius 3 is 2.39 bits per heavy atom. The van der Waals surface area contributed by atoms with E-state index in [1.54, 1.807) is 18.2 Å². The van der Waals surface area contributed by atoms with Crippen molar-refractivity contribution in [2.24, 2.45) is 5.92 Å². The number of aryl methyl sites for hydroxylation is 1. The van der Waals surface area contributed by atoms with Crippen molar-refractivity contribution in [3.05, 3.63) is 83.9 Å². The van der Waals surface area contributed by atoms with Crippen molar-refractivity contribution >= 4 is 5.91 Å². The molecule has 1 N–H and O–H groups in total. The first-order chi connectivity index (χ1) is 20.0. The lowest BCUT2D eigenvalue weighted by molar-refractivity contribution is -0.141. The Morgan fingerprint density at radius 2 is 1.71 bits per heavy atom. The molecule has 0 atom stereocenters. The van der Waals surface area contributed by atoms with Gasteiger partial charge in [-0.1, -0.05) is 73.4 Å². The number of carbonyl (C=O) groups is 1. The normalized spacial score (nSPS) is 15.5. The molecule has 2 aliphatic carbocycles. The number of hydrogen-bond donors (Lipinski definition) is 1. The molecule has 212 valence electrons. The van der Waals surface area contributed by atoms with Gasteiger partial charge in [0.2, 0.25) is 5.91 Å². The minimum absolute atomic E-state index is 0.182. The van der Waals surface area contributed by atoms with Gasteiger partial charge < -0.3 is 14.7 Å². The van der Waals surface area contributed by atoms with Crippen molar-refractivity contribution in [3.8, 4) is 34.3 Å². The van der Waals surface area contributed by atoms with Gasteiger partial charge in [-0.25, -0.2) is 9.67 Å². The second-order valence-corrected chi connectivity index (χ2v) is 11.4. The third-order valence-corrected chi connectivity index (χ3v) is 8.44. The van der Waals surface area contributed by atoms with E-state index in [4.69, 9.17) is 14.8 Å². The SMILES string of the molecule is Cc1ccc(-c2nc(-c3cccc(O)c3)nn2CCOc2ccc(CN(C(=O)C3CCC3)C3CCCC3)cc2)cc1. The van der Waals surface area contributed by atoms with Crippen molar-refractivity contribution in [2.45, 2.75) is 71.0 Å². The maximum atomic E-state index is 13.2. The molecule has 4 aromatic rings. The Morgan fingerprint density at radius 1 is 0.951 bits per heavy atom. The number of hydrogen-bond acceptors (Lipinski definition) is 5. The van der Waals surface area contributed by atoms with E-state index in [1.807, 2.05) is 35.0 Å². The molecule has 6 rings (SSSR count). The largest absolute Gasteiger partial charge is 0.508 e. The molecule has 0 spiro atoms. The van der Waals surface area contributed by atoms with Crippen molar-refractivity contribution in [2.75, 3.05) is 6.61 Å². The number of ether oxygens (including phenoxy) is 1. The van der Waals surface area contributed by atoms with E-state index in [2.05, 4.69) is 36.1 Å². The van der Waals surface area contributed by atoms with E-state index in [1.165, 1.54) is 24.8 Å². The van der Waals surface area contributed by atoms with E-state index in [0.717, 1.165) is 53.9 Å². The zero-order valence-corrected chi connectivity index (χ0v) is 23.7. The summed E-state index contributed by atoms with van der Waals surface area (Å²) in [7, 11) is 0. The molecule has 0 bridgehead atoms. The Bertz CT molecular complexity index is 1470. The summed E-state index contributed by atoms with van der Waals surface area (Å²) in [5.74, 6) is 2.87. The lowest BCUT2D eigenvalue weighted by Gasteiger charge is -2.35. The quantitative estimate of drug-likeness (QED) is 0.236. The summed E-state index contributed by atoms with van der Waals surface area (Å²) < 4.78 is 7.98. The number of carbonyl (C=O) groups excluding carboxylic acids is 1. The standard InChI is InChI=1S/C34H38N4O3/c1-24-12-16-26(17-13-24)33-35-32(28-8-5-11-30(39)22-28)36-38(33)20-21-41-31-18-14-25(15-19-31)23-37(29-9-2-3-10-29)34(40)27-6-4-7-27/h5,8,11-19,22,27,29,39H,2-4,6-7,9-10,20-21,23H2,1H3. The maximum absolute atomic E-state index is 13.2. The Kier molecular flexibility index (Phi) is 8.03. The molecule has 3 aromatic carbocycles. The van der Waals surface area contributed by atoms with Gasteiger partial charge in [0.25, 0.3) is 0 Å². The molecule has 0 aliphatic heterocycles. The fraction of sp³-hybridized carbons (Fsp3) is 0.382. The van der Waals surface area contributed by atoms with Crippen molar-refractivity contribution < 1.29 is 14.6 Å². The number of rotatable bonds is 10. The number of aromatic nitrogens is 3. The highest BCUT2D eigenvalue weighted by Crippen LogP contribution is 2.33. The van der Waals surface area contributed by atoms with E-state index < -0.39 is 0 Å². The van der Waals surface area contributed by atoms with Crippen LogP contribution in [0.3, 0.4) is 0 Å². The Labute approximate surface area is 241 Å². The molecule has 0 unspecified atom stereocenters. The molecule has 1 aromatic heterocycles. The first kappa shape index (κ1) is 27.1. The maximum Gasteiger partial charge on any atom is 0.226 e. The first-order valence-corrected chi connectivity index (χ1v) is 14.9. The molecule has 0 radical (unpaired) electrons. The molecule has 1 heterocycles. The minimum atomic E-state index is 0.182. The van der Waals surface area contributed by atoms with Crippen LogP contribution >= 0.6 is 0 Å². The van der Waals surface area contributed by atoms with Crippen LogP contribution in [0.2, 0.25) is 0 Å². The summed E-state index contributed by atoms with van der Waals surface area (Å²) in [5.41, 5.74) is 4.06. The van der Waals surface area contributed by atoms with E-state index in [9.17, 15) is 9.90 Å². The second kappa shape index (κ2) is 12.2. The average Bonchev–Trinajstić information content (AvgIpc) is 3.63. The van der Waals surface area contributed by atoms with Gasteiger partial charge in [-0.15, -0.1) is 0 Å². The molecular formula is C34H38N4O3. The smallest absolute Gasteiger partial charge is 0.226 e. The first-order valence-electron chi connectivity index (χ1n) is 14.9. The summed E-state index contributed by atoms with van der Waals surface area (Å²) in [5, 5.41) is 14.7. The number of phenols is 1. The van der Waals surface area contributed by atoms with Gasteiger partial charge in [-0.05, 0) is 62.4 Å². The molecule has 2 saturated carbocycles. The lowest BCUT2D eigenvalue weighted by Crippen LogP contribution is -2.43. The third kappa shape index (κ3) is 6.29. The summed E-state index contributed by atoms with van der Waals surface area (Å²) in [4.78, 5) is 20.2. The van der Waals surface area contributed by atoms with Crippen molar-refractivity contribution in [3.63, 3.8) is 0 Å². The van der Waals surface area contributed by atoms with Crippen LogP contribution in [0, 0.1) is 12.8 Å². The molecule has 7 nitrogen and oxygen atoms in total. The van der Waals surface area contributed by atoms with Gasteiger partial charge in [0.15, 0.2) is 11.6 Å². The van der Waals surface area contributed by atoms with Crippen LogP contribution in [0.1, 0.15) is 56.1 Å². The number of aromatic hydroxyl groups is 1. The van der Waals surface area contributed by atoms with Crippen LogP contribution in [0.15, 0.2) is 72.8 Å².